The Morgan fingerprint density at radius 2 is 1.88 bits per heavy atom. The molecule has 2 amide bonds. The van der Waals surface area contributed by atoms with Gasteiger partial charge in [0.25, 0.3) is 0 Å². The zero-order valence-electron chi connectivity index (χ0n) is 14.1. The Labute approximate surface area is 141 Å². The fourth-order valence-corrected chi connectivity index (χ4v) is 2.76. The van der Waals surface area contributed by atoms with E-state index in [9.17, 15) is 4.79 Å². The Morgan fingerprint density at radius 3 is 2.58 bits per heavy atom. The molecule has 24 heavy (non-hydrogen) atoms. The van der Waals surface area contributed by atoms with Crippen molar-refractivity contribution in [2.24, 2.45) is 5.41 Å². The zero-order chi connectivity index (χ0) is 17.2. The van der Waals surface area contributed by atoms with Gasteiger partial charge in [-0.1, -0.05) is 51.1 Å². The summed E-state index contributed by atoms with van der Waals surface area (Å²) < 4.78 is 0. The number of aromatic amines is 1. The van der Waals surface area contributed by atoms with Gasteiger partial charge < -0.3 is 10.6 Å². The topological polar surface area (TPSA) is 69.8 Å². The molecule has 0 bridgehead atoms. The van der Waals surface area contributed by atoms with Crippen LogP contribution in [-0.2, 0) is 0 Å². The fourth-order valence-electron chi connectivity index (χ4n) is 2.76. The Hall–Kier alpha value is -2.82. The molecule has 1 heterocycles. The first-order valence-electron chi connectivity index (χ1n) is 7.99. The molecule has 3 aromatic rings. The normalized spacial score (nSPS) is 12.8. The van der Waals surface area contributed by atoms with E-state index in [0.717, 1.165) is 22.2 Å². The van der Waals surface area contributed by atoms with Gasteiger partial charge in [0, 0.05) is 11.1 Å². The number of fused-ring (bicyclic) bond motifs is 1. The molecule has 2 aromatic carbocycles. The van der Waals surface area contributed by atoms with E-state index in [0.29, 0.717) is 0 Å². The molecule has 0 aliphatic heterocycles. The van der Waals surface area contributed by atoms with Crippen LogP contribution in [0.4, 0.5) is 10.5 Å². The van der Waals surface area contributed by atoms with Crippen molar-refractivity contribution in [3.8, 4) is 0 Å². The third-order valence-electron chi connectivity index (χ3n) is 3.97. The highest BCUT2D eigenvalue weighted by Gasteiger charge is 2.27. The molecule has 1 atom stereocenters. The maximum Gasteiger partial charge on any atom is 0.319 e. The Kier molecular flexibility index (Phi) is 4.25. The van der Waals surface area contributed by atoms with Crippen LogP contribution in [0.15, 0.2) is 54.7 Å². The summed E-state index contributed by atoms with van der Waals surface area (Å²) in [5.74, 6) is 0. The minimum Gasteiger partial charge on any atom is -0.331 e. The van der Waals surface area contributed by atoms with Crippen molar-refractivity contribution in [1.82, 2.24) is 15.5 Å². The largest absolute Gasteiger partial charge is 0.331 e. The van der Waals surface area contributed by atoms with E-state index in [1.165, 1.54) is 0 Å². The van der Waals surface area contributed by atoms with Gasteiger partial charge in [-0.15, -0.1) is 0 Å². The van der Waals surface area contributed by atoms with Gasteiger partial charge >= 0.3 is 6.03 Å². The number of anilines is 1. The smallest absolute Gasteiger partial charge is 0.319 e. The number of hydrogen-bond acceptors (Lipinski definition) is 2. The number of carbonyl (C=O) groups is 1. The van der Waals surface area contributed by atoms with E-state index >= 15 is 0 Å². The van der Waals surface area contributed by atoms with Crippen molar-refractivity contribution < 1.29 is 4.79 Å². The van der Waals surface area contributed by atoms with Gasteiger partial charge in [0.05, 0.1) is 17.8 Å². The van der Waals surface area contributed by atoms with Gasteiger partial charge in [0.2, 0.25) is 0 Å². The van der Waals surface area contributed by atoms with Gasteiger partial charge in [0.15, 0.2) is 0 Å². The first kappa shape index (κ1) is 16.1. The maximum absolute atomic E-state index is 12.5. The second-order valence-corrected chi connectivity index (χ2v) is 6.98. The Balaban J connectivity index is 1.76. The van der Waals surface area contributed by atoms with Crippen LogP contribution in [0.1, 0.15) is 32.4 Å². The van der Waals surface area contributed by atoms with E-state index in [4.69, 9.17) is 0 Å². The van der Waals surface area contributed by atoms with Crippen molar-refractivity contribution in [2.45, 2.75) is 26.8 Å². The number of urea groups is 1. The molecule has 1 unspecified atom stereocenters. The zero-order valence-corrected chi connectivity index (χ0v) is 14.1. The fraction of sp³-hybridized carbons (Fsp3) is 0.263. The van der Waals surface area contributed by atoms with Crippen molar-refractivity contribution in [1.29, 1.82) is 0 Å². The number of hydrogen-bond donors (Lipinski definition) is 3. The Morgan fingerprint density at radius 1 is 1.12 bits per heavy atom. The summed E-state index contributed by atoms with van der Waals surface area (Å²) in [4.78, 5) is 12.5. The van der Waals surface area contributed by atoms with E-state index < -0.39 is 0 Å². The van der Waals surface area contributed by atoms with Gasteiger partial charge in [-0.2, -0.15) is 5.10 Å². The molecule has 1 aromatic heterocycles. The highest BCUT2D eigenvalue weighted by molar-refractivity contribution is 5.92. The molecule has 5 nitrogen and oxygen atoms in total. The third-order valence-corrected chi connectivity index (χ3v) is 3.97. The molecule has 0 saturated carbocycles. The van der Waals surface area contributed by atoms with Gasteiger partial charge in [-0.25, -0.2) is 4.79 Å². The van der Waals surface area contributed by atoms with Crippen molar-refractivity contribution in [3.05, 3.63) is 60.3 Å². The van der Waals surface area contributed by atoms with E-state index in [1.54, 1.807) is 6.20 Å². The minimum atomic E-state index is -0.221. The lowest BCUT2D eigenvalue weighted by Gasteiger charge is -2.32. The lowest BCUT2D eigenvalue weighted by Crippen LogP contribution is -2.39. The van der Waals surface area contributed by atoms with Crippen LogP contribution in [-0.4, -0.2) is 16.2 Å². The lowest BCUT2D eigenvalue weighted by atomic mass is 9.82. The number of H-pyrrole nitrogens is 1. The minimum absolute atomic E-state index is 0.0867. The molecule has 3 rings (SSSR count). The first-order valence-corrected chi connectivity index (χ1v) is 7.99. The highest BCUT2D eigenvalue weighted by Crippen LogP contribution is 2.32. The molecule has 0 spiro atoms. The van der Waals surface area contributed by atoms with Gasteiger partial charge in [0.1, 0.15) is 0 Å². The number of amides is 2. The summed E-state index contributed by atoms with van der Waals surface area (Å²) in [6, 6.07) is 15.4. The summed E-state index contributed by atoms with van der Waals surface area (Å²) in [7, 11) is 0. The van der Waals surface area contributed by atoms with Crippen molar-refractivity contribution in [3.63, 3.8) is 0 Å². The molecule has 5 heteroatoms. The predicted molar refractivity (Wildman–Crippen MR) is 96.9 cm³/mol. The molecule has 0 saturated heterocycles. The average molecular weight is 322 g/mol. The van der Waals surface area contributed by atoms with Crippen LogP contribution in [0.25, 0.3) is 10.9 Å². The molecule has 0 aliphatic rings. The van der Waals surface area contributed by atoms with Crippen LogP contribution >= 0.6 is 0 Å². The molecular weight excluding hydrogens is 300 g/mol. The predicted octanol–water partition coefficient (Wildman–Crippen LogP) is 4.47. The molecule has 124 valence electrons. The molecule has 0 radical (unpaired) electrons. The number of rotatable bonds is 3. The first-order chi connectivity index (χ1) is 11.4. The van der Waals surface area contributed by atoms with Crippen molar-refractivity contribution in [2.75, 3.05) is 5.32 Å². The summed E-state index contributed by atoms with van der Waals surface area (Å²) in [5.41, 5.74) is 2.66. The van der Waals surface area contributed by atoms with Gasteiger partial charge in [-0.3, -0.25) is 5.10 Å². The standard InChI is InChI=1S/C19H22N4O/c1-19(2,3)17(13-7-5-4-6-8-13)22-18(24)21-15-9-10-16-14(11-15)12-20-23-16/h4-12,17H,1-3H3,(H,20,23)(H2,21,22,24). The molecule has 0 fully saturated rings. The number of carbonyl (C=O) groups excluding carboxylic acids is 1. The summed E-state index contributed by atoms with van der Waals surface area (Å²) >= 11 is 0. The summed E-state index contributed by atoms with van der Waals surface area (Å²) in [5, 5.41) is 13.8. The number of nitrogens with zero attached hydrogens (tertiary/aromatic N) is 1. The highest BCUT2D eigenvalue weighted by atomic mass is 16.2. The number of benzene rings is 2. The van der Waals surface area contributed by atoms with Crippen LogP contribution in [0, 0.1) is 5.41 Å². The third kappa shape index (κ3) is 3.56. The van der Waals surface area contributed by atoms with E-state index in [2.05, 4.69) is 41.6 Å². The van der Waals surface area contributed by atoms with Crippen LogP contribution in [0.2, 0.25) is 0 Å². The van der Waals surface area contributed by atoms with Crippen LogP contribution < -0.4 is 10.6 Å². The SMILES string of the molecule is CC(C)(C)C(NC(=O)Nc1ccc2[nH]ncc2c1)c1ccccc1. The van der Waals surface area contributed by atoms with Crippen LogP contribution in [0.5, 0.6) is 0 Å². The number of aromatic nitrogens is 2. The maximum atomic E-state index is 12.5. The van der Waals surface area contributed by atoms with E-state index in [1.807, 2.05) is 48.5 Å². The summed E-state index contributed by atoms with van der Waals surface area (Å²) in [6.45, 7) is 6.34. The quantitative estimate of drug-likeness (QED) is 0.666. The summed E-state index contributed by atoms with van der Waals surface area (Å²) in [6.07, 6.45) is 1.74. The molecule has 3 N–H and O–H groups in total. The second kappa shape index (κ2) is 6.35. The molecule has 0 aliphatic carbocycles. The van der Waals surface area contributed by atoms with Crippen molar-refractivity contribution >= 4 is 22.6 Å². The average Bonchev–Trinajstić information content (AvgIpc) is 3.00. The molecular formula is C19H22N4O. The number of nitrogens with one attached hydrogen (secondary N) is 3. The second-order valence-electron chi connectivity index (χ2n) is 6.98. The lowest BCUT2D eigenvalue weighted by molar-refractivity contribution is 0.229. The van der Waals surface area contributed by atoms with E-state index in [-0.39, 0.29) is 17.5 Å². The monoisotopic (exact) mass is 322 g/mol. The van der Waals surface area contributed by atoms with Gasteiger partial charge in [-0.05, 0) is 29.2 Å². The Bertz CT molecular complexity index is 833. The van der Waals surface area contributed by atoms with Crippen LogP contribution in [0.3, 0.4) is 0 Å².